The van der Waals surface area contributed by atoms with Crippen molar-refractivity contribution in [1.82, 2.24) is 4.31 Å². The van der Waals surface area contributed by atoms with Crippen LogP contribution in [0, 0.1) is 24.7 Å². The maximum absolute atomic E-state index is 13.0. The molecule has 25 heavy (non-hydrogen) atoms. The fourth-order valence-corrected chi connectivity index (χ4v) is 5.73. The standard InChI is InChI=1S/C19H27NO4S/c1-14-4-2-3-5-19(14)25(21,22)20-10-17-16(13-24-18(17)11-20)8-9-23-12-15-6-7-15/h2-5,15-18H,6-13H2,1H3/t16-,17-,18-/m1/s1. The van der Waals surface area contributed by atoms with E-state index in [4.69, 9.17) is 9.47 Å². The van der Waals surface area contributed by atoms with Crippen LogP contribution in [-0.4, -0.2) is 51.7 Å². The maximum Gasteiger partial charge on any atom is 0.243 e. The molecule has 5 nitrogen and oxygen atoms in total. The summed E-state index contributed by atoms with van der Waals surface area (Å²) in [6.07, 6.45) is 3.62. The quantitative estimate of drug-likeness (QED) is 0.697. The van der Waals surface area contributed by atoms with Crippen LogP contribution in [0.5, 0.6) is 0 Å². The summed E-state index contributed by atoms with van der Waals surface area (Å²) in [6, 6.07) is 7.20. The lowest BCUT2D eigenvalue weighted by molar-refractivity contribution is 0.0909. The molecule has 1 aromatic rings. The maximum atomic E-state index is 13.0. The molecule has 1 aliphatic carbocycles. The van der Waals surface area contributed by atoms with Gasteiger partial charge >= 0.3 is 0 Å². The molecule has 4 rings (SSSR count). The molecule has 0 amide bonds. The number of rotatable bonds is 7. The highest BCUT2D eigenvalue weighted by Gasteiger charge is 2.47. The Hall–Kier alpha value is -0.950. The molecule has 2 saturated heterocycles. The molecule has 6 heteroatoms. The Morgan fingerprint density at radius 3 is 2.80 bits per heavy atom. The van der Waals surface area contributed by atoms with E-state index >= 15 is 0 Å². The molecule has 2 aliphatic heterocycles. The third kappa shape index (κ3) is 3.63. The van der Waals surface area contributed by atoms with Crippen LogP contribution in [0.4, 0.5) is 0 Å². The fraction of sp³-hybridized carbons (Fsp3) is 0.684. The number of hydrogen-bond donors (Lipinski definition) is 0. The summed E-state index contributed by atoms with van der Waals surface area (Å²) in [5.41, 5.74) is 0.797. The highest BCUT2D eigenvalue weighted by Crippen LogP contribution is 2.38. The van der Waals surface area contributed by atoms with Crippen LogP contribution in [0.3, 0.4) is 0 Å². The van der Waals surface area contributed by atoms with Gasteiger partial charge in [-0.15, -0.1) is 0 Å². The minimum Gasteiger partial charge on any atom is -0.381 e. The molecule has 1 aromatic carbocycles. The van der Waals surface area contributed by atoms with Crippen molar-refractivity contribution in [3.8, 4) is 0 Å². The number of ether oxygens (including phenoxy) is 2. The van der Waals surface area contributed by atoms with E-state index in [9.17, 15) is 8.42 Å². The third-order valence-corrected chi connectivity index (χ3v) is 7.79. The van der Waals surface area contributed by atoms with Crippen LogP contribution in [0.15, 0.2) is 29.2 Å². The van der Waals surface area contributed by atoms with Gasteiger partial charge in [0, 0.05) is 32.2 Å². The molecule has 0 N–H and O–H groups in total. The molecule has 138 valence electrons. The molecular weight excluding hydrogens is 338 g/mol. The Kier molecular flexibility index (Phi) is 4.88. The monoisotopic (exact) mass is 365 g/mol. The molecule has 0 spiro atoms. The molecule has 0 aromatic heterocycles. The Labute approximate surface area is 150 Å². The smallest absolute Gasteiger partial charge is 0.243 e. The highest BCUT2D eigenvalue weighted by molar-refractivity contribution is 7.89. The lowest BCUT2D eigenvalue weighted by atomic mass is 9.91. The van der Waals surface area contributed by atoms with Crippen molar-refractivity contribution < 1.29 is 17.9 Å². The zero-order valence-corrected chi connectivity index (χ0v) is 15.6. The van der Waals surface area contributed by atoms with E-state index < -0.39 is 10.0 Å². The molecule has 0 radical (unpaired) electrons. The first-order chi connectivity index (χ1) is 12.1. The van der Waals surface area contributed by atoms with Crippen LogP contribution in [0.25, 0.3) is 0 Å². The molecule has 1 saturated carbocycles. The van der Waals surface area contributed by atoms with Gasteiger partial charge in [0.25, 0.3) is 0 Å². The van der Waals surface area contributed by atoms with Gasteiger partial charge in [-0.2, -0.15) is 4.31 Å². The second-order valence-electron chi connectivity index (χ2n) is 7.69. The number of sulfonamides is 1. The number of aryl methyl sites for hydroxylation is 1. The largest absolute Gasteiger partial charge is 0.381 e. The first-order valence-electron chi connectivity index (χ1n) is 9.31. The summed E-state index contributed by atoms with van der Waals surface area (Å²) >= 11 is 0. The zero-order chi connectivity index (χ0) is 17.4. The van der Waals surface area contributed by atoms with Gasteiger partial charge in [0.05, 0.1) is 17.6 Å². The highest BCUT2D eigenvalue weighted by atomic mass is 32.2. The van der Waals surface area contributed by atoms with Gasteiger partial charge < -0.3 is 9.47 Å². The summed E-state index contributed by atoms with van der Waals surface area (Å²) in [4.78, 5) is 0.416. The number of nitrogens with zero attached hydrogens (tertiary/aromatic N) is 1. The number of fused-ring (bicyclic) bond motifs is 1. The molecular formula is C19H27NO4S. The van der Waals surface area contributed by atoms with E-state index in [2.05, 4.69) is 0 Å². The van der Waals surface area contributed by atoms with Crippen molar-refractivity contribution in [2.75, 3.05) is 32.9 Å². The van der Waals surface area contributed by atoms with Crippen molar-refractivity contribution in [3.63, 3.8) is 0 Å². The lowest BCUT2D eigenvalue weighted by Gasteiger charge is -2.20. The molecule has 3 aliphatic rings. The topological polar surface area (TPSA) is 55.8 Å². The van der Waals surface area contributed by atoms with E-state index in [0.717, 1.165) is 37.7 Å². The predicted molar refractivity (Wildman–Crippen MR) is 94.8 cm³/mol. The van der Waals surface area contributed by atoms with Gasteiger partial charge in [0.15, 0.2) is 0 Å². The van der Waals surface area contributed by atoms with Crippen molar-refractivity contribution in [2.24, 2.45) is 17.8 Å². The third-order valence-electron chi connectivity index (χ3n) is 5.80. The number of hydrogen-bond acceptors (Lipinski definition) is 4. The van der Waals surface area contributed by atoms with Gasteiger partial charge in [0.2, 0.25) is 10.0 Å². The molecule has 2 heterocycles. The van der Waals surface area contributed by atoms with E-state index in [0.29, 0.717) is 29.8 Å². The van der Waals surface area contributed by atoms with Crippen LogP contribution in [0.2, 0.25) is 0 Å². The van der Waals surface area contributed by atoms with Crippen LogP contribution >= 0.6 is 0 Å². The zero-order valence-electron chi connectivity index (χ0n) is 14.8. The first-order valence-corrected chi connectivity index (χ1v) is 10.7. The van der Waals surface area contributed by atoms with Gasteiger partial charge in [-0.05, 0) is 49.7 Å². The molecule has 0 bridgehead atoms. The Morgan fingerprint density at radius 2 is 2.04 bits per heavy atom. The van der Waals surface area contributed by atoms with Gasteiger partial charge in [0.1, 0.15) is 0 Å². The Bertz CT molecular complexity index is 716. The molecule has 0 unspecified atom stereocenters. The lowest BCUT2D eigenvalue weighted by Crippen LogP contribution is -2.32. The summed E-state index contributed by atoms with van der Waals surface area (Å²) in [6.45, 7) is 5.27. The van der Waals surface area contributed by atoms with Gasteiger partial charge in [-0.1, -0.05) is 18.2 Å². The second kappa shape index (κ2) is 6.99. The van der Waals surface area contributed by atoms with Crippen molar-refractivity contribution in [3.05, 3.63) is 29.8 Å². The summed E-state index contributed by atoms with van der Waals surface area (Å²) in [7, 11) is -3.44. The van der Waals surface area contributed by atoms with E-state index in [1.54, 1.807) is 16.4 Å². The van der Waals surface area contributed by atoms with Crippen LogP contribution in [-0.2, 0) is 19.5 Å². The average molecular weight is 365 g/mol. The average Bonchev–Trinajstić information content (AvgIpc) is 3.18. The molecule has 3 fully saturated rings. The predicted octanol–water partition coefficient (Wildman–Crippen LogP) is 2.45. The second-order valence-corrected chi connectivity index (χ2v) is 9.60. The fourth-order valence-electron chi connectivity index (χ4n) is 4.01. The number of benzene rings is 1. The molecule has 3 atom stereocenters. The minimum absolute atomic E-state index is 0.0345. The normalized spacial score (nSPS) is 29.9. The summed E-state index contributed by atoms with van der Waals surface area (Å²) in [5, 5.41) is 0. The SMILES string of the molecule is Cc1ccccc1S(=O)(=O)N1C[C@@H]2[C@H](CCOCC3CC3)CO[C@@H]2C1. The van der Waals surface area contributed by atoms with Crippen LogP contribution < -0.4 is 0 Å². The minimum atomic E-state index is -3.44. The van der Waals surface area contributed by atoms with Crippen molar-refractivity contribution in [2.45, 2.75) is 37.2 Å². The van der Waals surface area contributed by atoms with Gasteiger partial charge in [-0.25, -0.2) is 8.42 Å². The summed E-state index contributed by atoms with van der Waals surface area (Å²) in [5.74, 6) is 1.48. The van der Waals surface area contributed by atoms with E-state index in [1.807, 2.05) is 19.1 Å². The van der Waals surface area contributed by atoms with Crippen LogP contribution in [0.1, 0.15) is 24.8 Å². The van der Waals surface area contributed by atoms with Crippen molar-refractivity contribution in [1.29, 1.82) is 0 Å². The summed E-state index contributed by atoms with van der Waals surface area (Å²) < 4.78 is 39.2. The first kappa shape index (κ1) is 17.5. The van der Waals surface area contributed by atoms with E-state index in [-0.39, 0.29) is 6.10 Å². The Balaban J connectivity index is 1.37. The van der Waals surface area contributed by atoms with Crippen molar-refractivity contribution >= 4 is 10.0 Å². The van der Waals surface area contributed by atoms with Gasteiger partial charge in [-0.3, -0.25) is 0 Å². The van der Waals surface area contributed by atoms with E-state index in [1.165, 1.54) is 12.8 Å². The Morgan fingerprint density at radius 1 is 1.24 bits per heavy atom.